The molecule has 1 N–H and O–H groups in total. The number of aryl methyl sites for hydroxylation is 1. The molecule has 0 radical (unpaired) electrons. The fourth-order valence-corrected chi connectivity index (χ4v) is 3.83. The van der Waals surface area contributed by atoms with Crippen LogP contribution in [0.25, 0.3) is 0 Å². The van der Waals surface area contributed by atoms with Gasteiger partial charge in [0.25, 0.3) is 5.91 Å². The number of hydrogen-bond donors (Lipinski definition) is 1. The molecule has 2 aliphatic rings. The van der Waals surface area contributed by atoms with E-state index in [0.717, 1.165) is 32.1 Å². The van der Waals surface area contributed by atoms with Gasteiger partial charge in [0.15, 0.2) is 0 Å². The second kappa shape index (κ2) is 9.02. The van der Waals surface area contributed by atoms with Gasteiger partial charge in [0.05, 0.1) is 6.54 Å². The zero-order valence-electron chi connectivity index (χ0n) is 16.1. The van der Waals surface area contributed by atoms with Crippen LogP contribution in [0.5, 0.6) is 0 Å². The maximum Gasteiger partial charge on any atom is 0.253 e. The summed E-state index contributed by atoms with van der Waals surface area (Å²) in [7, 11) is 0. The second-order valence-electron chi connectivity index (χ2n) is 7.42. The molecule has 0 bridgehead atoms. The standard InChI is InChI=1S/C21H29N3O3/c1-2-16-7-9-18(10-8-16)21(27)24-13-11-23(12-14-24)19(25)15-22-20(26)17-5-3-4-6-17/h7-10,17H,2-6,11-15H2,1H3,(H,22,26). The third kappa shape index (κ3) is 4.87. The quantitative estimate of drug-likeness (QED) is 0.859. The summed E-state index contributed by atoms with van der Waals surface area (Å²) in [5.41, 5.74) is 1.90. The van der Waals surface area contributed by atoms with Gasteiger partial charge < -0.3 is 15.1 Å². The smallest absolute Gasteiger partial charge is 0.253 e. The SMILES string of the molecule is CCc1ccc(C(=O)N2CCN(C(=O)CNC(=O)C3CCCC3)CC2)cc1. The van der Waals surface area contributed by atoms with E-state index in [1.807, 2.05) is 24.3 Å². The zero-order chi connectivity index (χ0) is 19.2. The minimum absolute atomic E-state index is 0.00481. The van der Waals surface area contributed by atoms with Crippen LogP contribution in [0.1, 0.15) is 48.5 Å². The van der Waals surface area contributed by atoms with Crippen LogP contribution in [-0.2, 0) is 16.0 Å². The molecule has 2 fully saturated rings. The molecule has 3 amide bonds. The molecule has 146 valence electrons. The van der Waals surface area contributed by atoms with Crippen LogP contribution >= 0.6 is 0 Å². The molecule has 0 aromatic heterocycles. The van der Waals surface area contributed by atoms with Gasteiger partial charge in [-0.15, -0.1) is 0 Å². The van der Waals surface area contributed by atoms with Crippen molar-refractivity contribution in [1.82, 2.24) is 15.1 Å². The number of nitrogens with one attached hydrogen (secondary N) is 1. The molecule has 3 rings (SSSR count). The number of hydrogen-bond acceptors (Lipinski definition) is 3. The first kappa shape index (κ1) is 19.4. The van der Waals surface area contributed by atoms with E-state index in [9.17, 15) is 14.4 Å². The predicted octanol–water partition coefficient (Wildman–Crippen LogP) is 1.84. The highest BCUT2D eigenvalue weighted by Crippen LogP contribution is 2.24. The average molecular weight is 371 g/mol. The first-order chi connectivity index (χ1) is 13.1. The minimum atomic E-state index is -0.0688. The fourth-order valence-electron chi connectivity index (χ4n) is 3.83. The van der Waals surface area contributed by atoms with E-state index < -0.39 is 0 Å². The Bertz CT molecular complexity index is 672. The Labute approximate surface area is 160 Å². The summed E-state index contributed by atoms with van der Waals surface area (Å²) >= 11 is 0. The van der Waals surface area contributed by atoms with E-state index in [1.54, 1.807) is 9.80 Å². The second-order valence-corrected chi connectivity index (χ2v) is 7.42. The molecule has 0 atom stereocenters. The lowest BCUT2D eigenvalue weighted by Crippen LogP contribution is -2.52. The molecule has 1 aliphatic heterocycles. The summed E-state index contributed by atoms with van der Waals surface area (Å²) in [5, 5.41) is 2.78. The molecule has 0 spiro atoms. The van der Waals surface area contributed by atoms with Crippen molar-refractivity contribution < 1.29 is 14.4 Å². The number of benzene rings is 1. The van der Waals surface area contributed by atoms with E-state index in [1.165, 1.54) is 5.56 Å². The lowest BCUT2D eigenvalue weighted by Gasteiger charge is -2.35. The summed E-state index contributed by atoms with van der Waals surface area (Å²) in [6.07, 6.45) is 5.01. The van der Waals surface area contributed by atoms with Gasteiger partial charge in [0.1, 0.15) is 0 Å². The van der Waals surface area contributed by atoms with Gasteiger partial charge in [-0.2, -0.15) is 0 Å². The van der Waals surface area contributed by atoms with Crippen molar-refractivity contribution in [3.8, 4) is 0 Å². The van der Waals surface area contributed by atoms with Crippen LogP contribution < -0.4 is 5.32 Å². The molecule has 6 heteroatoms. The van der Waals surface area contributed by atoms with Crippen LogP contribution in [0.4, 0.5) is 0 Å². The Morgan fingerprint density at radius 2 is 1.56 bits per heavy atom. The van der Waals surface area contributed by atoms with Crippen molar-refractivity contribution in [3.05, 3.63) is 35.4 Å². The van der Waals surface area contributed by atoms with E-state index in [0.29, 0.717) is 31.7 Å². The van der Waals surface area contributed by atoms with Gasteiger partial charge in [-0.1, -0.05) is 31.9 Å². The number of carbonyl (C=O) groups is 3. The topological polar surface area (TPSA) is 69.7 Å². The molecular weight excluding hydrogens is 342 g/mol. The fraction of sp³-hybridized carbons (Fsp3) is 0.571. The Balaban J connectivity index is 1.44. The Morgan fingerprint density at radius 3 is 2.15 bits per heavy atom. The maximum atomic E-state index is 12.6. The number of rotatable bonds is 5. The lowest BCUT2D eigenvalue weighted by molar-refractivity contribution is -0.134. The Hall–Kier alpha value is -2.37. The van der Waals surface area contributed by atoms with E-state index >= 15 is 0 Å². The average Bonchev–Trinajstić information content (AvgIpc) is 3.26. The highest BCUT2D eigenvalue weighted by molar-refractivity contribution is 5.94. The minimum Gasteiger partial charge on any atom is -0.347 e. The maximum absolute atomic E-state index is 12.6. The predicted molar refractivity (Wildman–Crippen MR) is 103 cm³/mol. The van der Waals surface area contributed by atoms with Crippen LogP contribution in [0.3, 0.4) is 0 Å². The first-order valence-corrected chi connectivity index (χ1v) is 10.0. The molecule has 0 unspecified atom stereocenters. The highest BCUT2D eigenvalue weighted by atomic mass is 16.2. The van der Waals surface area contributed by atoms with Gasteiger partial charge in [-0.05, 0) is 37.0 Å². The van der Waals surface area contributed by atoms with Crippen LogP contribution in [0, 0.1) is 5.92 Å². The number of amides is 3. The molecule has 1 heterocycles. The number of nitrogens with zero attached hydrogens (tertiary/aromatic N) is 2. The van der Waals surface area contributed by atoms with Gasteiger partial charge in [-0.25, -0.2) is 0 Å². The molecule has 1 saturated carbocycles. The van der Waals surface area contributed by atoms with Gasteiger partial charge in [0, 0.05) is 37.7 Å². The van der Waals surface area contributed by atoms with Crippen molar-refractivity contribution in [2.45, 2.75) is 39.0 Å². The highest BCUT2D eigenvalue weighted by Gasteiger charge is 2.26. The molecule has 1 aliphatic carbocycles. The lowest BCUT2D eigenvalue weighted by atomic mass is 10.1. The Morgan fingerprint density at radius 1 is 0.963 bits per heavy atom. The van der Waals surface area contributed by atoms with Crippen LogP contribution in [0.15, 0.2) is 24.3 Å². The van der Waals surface area contributed by atoms with Crippen LogP contribution in [-0.4, -0.2) is 60.2 Å². The summed E-state index contributed by atoms with van der Waals surface area (Å²) < 4.78 is 0. The summed E-state index contributed by atoms with van der Waals surface area (Å²) in [6, 6.07) is 7.72. The van der Waals surface area contributed by atoms with E-state index in [2.05, 4.69) is 12.2 Å². The summed E-state index contributed by atoms with van der Waals surface area (Å²) in [6.45, 7) is 4.21. The Kier molecular flexibility index (Phi) is 6.48. The van der Waals surface area contributed by atoms with E-state index in [4.69, 9.17) is 0 Å². The van der Waals surface area contributed by atoms with Crippen molar-refractivity contribution in [2.24, 2.45) is 5.92 Å². The zero-order valence-corrected chi connectivity index (χ0v) is 16.1. The normalized spacial score (nSPS) is 17.8. The van der Waals surface area contributed by atoms with Crippen molar-refractivity contribution in [1.29, 1.82) is 0 Å². The monoisotopic (exact) mass is 371 g/mol. The van der Waals surface area contributed by atoms with Gasteiger partial charge in [-0.3, -0.25) is 14.4 Å². The van der Waals surface area contributed by atoms with Crippen molar-refractivity contribution in [3.63, 3.8) is 0 Å². The third-order valence-corrected chi connectivity index (χ3v) is 5.67. The van der Waals surface area contributed by atoms with E-state index in [-0.39, 0.29) is 30.2 Å². The largest absolute Gasteiger partial charge is 0.347 e. The first-order valence-electron chi connectivity index (χ1n) is 10.0. The number of piperazine rings is 1. The number of carbonyl (C=O) groups excluding carboxylic acids is 3. The molecule has 1 saturated heterocycles. The van der Waals surface area contributed by atoms with Crippen LogP contribution in [0.2, 0.25) is 0 Å². The molecule has 6 nitrogen and oxygen atoms in total. The molecule has 1 aromatic carbocycles. The summed E-state index contributed by atoms with van der Waals surface area (Å²) in [5.74, 6) is 0.0246. The molecule has 27 heavy (non-hydrogen) atoms. The summed E-state index contributed by atoms with van der Waals surface area (Å²) in [4.78, 5) is 40.5. The third-order valence-electron chi connectivity index (χ3n) is 5.67. The van der Waals surface area contributed by atoms with Gasteiger partial charge in [0.2, 0.25) is 11.8 Å². The molecular formula is C21H29N3O3. The van der Waals surface area contributed by atoms with Crippen molar-refractivity contribution in [2.75, 3.05) is 32.7 Å². The molecule has 1 aromatic rings. The van der Waals surface area contributed by atoms with Crippen molar-refractivity contribution >= 4 is 17.7 Å². The van der Waals surface area contributed by atoms with Gasteiger partial charge >= 0.3 is 0 Å².